The Hall–Kier alpha value is -1.70. The molecule has 0 amide bonds. The van der Waals surface area contributed by atoms with Crippen LogP contribution in [0.4, 0.5) is 11.4 Å². The molecule has 92 valence electrons. The summed E-state index contributed by atoms with van der Waals surface area (Å²) in [5.74, 6) is 0. The zero-order valence-corrected chi connectivity index (χ0v) is 11.6. The molecule has 0 aliphatic carbocycles. The molecule has 0 aromatic heterocycles. The van der Waals surface area contributed by atoms with Gasteiger partial charge in [0.1, 0.15) is 0 Å². The minimum Gasteiger partial charge on any atom is -0.397 e. The summed E-state index contributed by atoms with van der Waals surface area (Å²) in [7, 11) is 6.15. The summed E-state index contributed by atoms with van der Waals surface area (Å²) in [6, 6.07) is 16.2. The van der Waals surface area contributed by atoms with Crippen LogP contribution in [0, 0.1) is 13.8 Å². The fourth-order valence-corrected chi connectivity index (χ4v) is 1.80. The van der Waals surface area contributed by atoms with Gasteiger partial charge in [-0.2, -0.15) is 0 Å². The minimum atomic E-state index is 1.04. The van der Waals surface area contributed by atoms with Crippen LogP contribution in [-0.2, 0) is 0 Å². The maximum absolute atomic E-state index is 6.15. The predicted octanol–water partition coefficient (Wildman–Crippen LogP) is 4.55. The number of anilines is 2. The lowest BCUT2D eigenvalue weighted by Crippen LogP contribution is -2.14. The van der Waals surface area contributed by atoms with Crippen LogP contribution in [-0.4, -0.2) is 7.98 Å². The van der Waals surface area contributed by atoms with E-state index >= 15 is 0 Å². The molecule has 0 aliphatic rings. The molecular formula is C16H20BN. The van der Waals surface area contributed by atoms with E-state index in [1.54, 1.807) is 4.81 Å². The van der Waals surface area contributed by atoms with Crippen molar-refractivity contribution in [2.75, 3.05) is 4.81 Å². The lowest BCUT2D eigenvalue weighted by atomic mass is 10.1. The summed E-state index contributed by atoms with van der Waals surface area (Å²) < 4.78 is 0. The number of rotatable bonds is 2. The lowest BCUT2D eigenvalue weighted by molar-refractivity contribution is 1.31. The van der Waals surface area contributed by atoms with Crippen molar-refractivity contribution in [1.29, 1.82) is 0 Å². The standard InChI is InChI=1S/C14H14BN.C2H6/c1-11-7-3-5-9-13(11)16(15)14-10-6-4-8-12(14)2;1-2/h3-10H,1-2H3;1-2H3. The van der Waals surface area contributed by atoms with E-state index in [2.05, 4.69) is 26.0 Å². The number of hydrogen-bond acceptors (Lipinski definition) is 1. The van der Waals surface area contributed by atoms with Crippen molar-refractivity contribution in [2.45, 2.75) is 27.7 Å². The number of hydrogen-bond donors (Lipinski definition) is 0. The van der Waals surface area contributed by atoms with E-state index in [0.29, 0.717) is 0 Å². The highest BCUT2D eigenvalue weighted by molar-refractivity contribution is 6.22. The molecule has 0 spiro atoms. The Morgan fingerprint density at radius 1 is 0.722 bits per heavy atom. The molecule has 0 atom stereocenters. The summed E-state index contributed by atoms with van der Waals surface area (Å²) in [6.45, 7) is 8.13. The molecule has 1 nitrogen and oxygen atoms in total. The predicted molar refractivity (Wildman–Crippen MR) is 81.6 cm³/mol. The van der Waals surface area contributed by atoms with Gasteiger partial charge in [-0.25, -0.2) is 0 Å². The first kappa shape index (κ1) is 14.4. The summed E-state index contributed by atoms with van der Waals surface area (Å²) in [4.78, 5) is 1.74. The van der Waals surface area contributed by atoms with Gasteiger partial charge >= 0.3 is 0 Å². The highest BCUT2D eigenvalue weighted by Gasteiger charge is 2.07. The number of nitrogens with zero attached hydrogens (tertiary/aromatic N) is 1. The van der Waals surface area contributed by atoms with E-state index in [-0.39, 0.29) is 0 Å². The van der Waals surface area contributed by atoms with Crippen molar-refractivity contribution in [3.8, 4) is 0 Å². The summed E-state index contributed by atoms with van der Waals surface area (Å²) >= 11 is 0. The van der Waals surface area contributed by atoms with Crippen molar-refractivity contribution in [1.82, 2.24) is 0 Å². The summed E-state index contributed by atoms with van der Waals surface area (Å²) in [5, 5.41) is 0. The molecule has 2 rings (SSSR count). The van der Waals surface area contributed by atoms with Gasteiger partial charge in [0.15, 0.2) is 0 Å². The van der Waals surface area contributed by atoms with Gasteiger partial charge in [0.05, 0.1) is 0 Å². The van der Waals surface area contributed by atoms with Crippen LogP contribution in [0.5, 0.6) is 0 Å². The quantitative estimate of drug-likeness (QED) is 0.692. The van der Waals surface area contributed by atoms with E-state index in [4.69, 9.17) is 7.98 Å². The van der Waals surface area contributed by atoms with E-state index < -0.39 is 0 Å². The molecule has 2 aromatic carbocycles. The maximum atomic E-state index is 6.15. The molecular weight excluding hydrogens is 217 g/mol. The van der Waals surface area contributed by atoms with Crippen molar-refractivity contribution < 1.29 is 0 Å². The fraction of sp³-hybridized carbons (Fsp3) is 0.250. The van der Waals surface area contributed by atoms with Crippen molar-refractivity contribution in [3.05, 3.63) is 59.7 Å². The smallest absolute Gasteiger partial charge is 0.234 e. The average Bonchev–Trinajstić information content (AvgIpc) is 2.41. The van der Waals surface area contributed by atoms with Gasteiger partial charge in [-0.3, -0.25) is 0 Å². The second kappa shape index (κ2) is 6.90. The second-order valence-corrected chi connectivity index (χ2v) is 3.94. The molecule has 0 saturated heterocycles. The molecule has 2 aromatic rings. The van der Waals surface area contributed by atoms with Crippen LogP contribution in [0.3, 0.4) is 0 Å². The van der Waals surface area contributed by atoms with Gasteiger partial charge in [-0.05, 0) is 37.1 Å². The van der Waals surface area contributed by atoms with Crippen LogP contribution in [0.1, 0.15) is 25.0 Å². The van der Waals surface area contributed by atoms with Crippen molar-refractivity contribution >= 4 is 19.4 Å². The van der Waals surface area contributed by atoms with E-state index in [1.807, 2.05) is 50.2 Å². The van der Waals surface area contributed by atoms with Gasteiger partial charge < -0.3 is 4.81 Å². The SMILES string of the molecule is CC.[B]N(c1ccccc1C)c1ccccc1C. The number of para-hydroxylation sites is 2. The second-order valence-electron chi connectivity index (χ2n) is 3.94. The van der Waals surface area contributed by atoms with Crippen molar-refractivity contribution in [2.24, 2.45) is 0 Å². The fourth-order valence-electron chi connectivity index (χ4n) is 1.80. The highest BCUT2D eigenvalue weighted by atomic mass is 15.0. The van der Waals surface area contributed by atoms with Crippen LogP contribution < -0.4 is 4.81 Å². The molecule has 0 fully saturated rings. The Morgan fingerprint density at radius 3 is 1.39 bits per heavy atom. The largest absolute Gasteiger partial charge is 0.397 e. The van der Waals surface area contributed by atoms with Gasteiger partial charge in [0, 0.05) is 11.4 Å². The van der Waals surface area contributed by atoms with Gasteiger partial charge in [0.25, 0.3) is 0 Å². The summed E-state index contributed by atoms with van der Waals surface area (Å²) in [5.41, 5.74) is 4.43. The Morgan fingerprint density at radius 2 is 1.06 bits per heavy atom. The van der Waals surface area contributed by atoms with Crippen LogP contribution in [0.2, 0.25) is 0 Å². The first-order valence-corrected chi connectivity index (χ1v) is 6.36. The number of aryl methyl sites for hydroxylation is 2. The lowest BCUT2D eigenvalue weighted by Gasteiger charge is -2.24. The molecule has 0 saturated carbocycles. The Bertz CT molecular complexity index is 448. The van der Waals surface area contributed by atoms with Crippen LogP contribution in [0.15, 0.2) is 48.5 Å². The van der Waals surface area contributed by atoms with Gasteiger partial charge in [-0.1, -0.05) is 50.2 Å². The topological polar surface area (TPSA) is 3.24 Å². The highest BCUT2D eigenvalue weighted by Crippen LogP contribution is 2.28. The molecule has 2 heteroatoms. The Kier molecular flexibility index (Phi) is 5.51. The minimum absolute atomic E-state index is 1.04. The van der Waals surface area contributed by atoms with Crippen molar-refractivity contribution in [3.63, 3.8) is 0 Å². The molecule has 0 heterocycles. The maximum Gasteiger partial charge on any atom is 0.234 e. The van der Waals surface area contributed by atoms with Gasteiger partial charge in [0.2, 0.25) is 7.98 Å². The zero-order valence-electron chi connectivity index (χ0n) is 11.6. The Balaban J connectivity index is 0.000000771. The molecule has 0 N–H and O–H groups in total. The zero-order chi connectivity index (χ0) is 13.5. The normalized spacial score (nSPS) is 9.33. The number of benzene rings is 2. The third-order valence-electron chi connectivity index (χ3n) is 2.75. The van der Waals surface area contributed by atoms with Gasteiger partial charge in [-0.15, -0.1) is 0 Å². The van der Waals surface area contributed by atoms with E-state index in [1.165, 1.54) is 11.1 Å². The monoisotopic (exact) mass is 237 g/mol. The Labute approximate surface area is 112 Å². The molecule has 0 unspecified atom stereocenters. The first-order chi connectivity index (χ1) is 8.70. The summed E-state index contributed by atoms with van der Waals surface area (Å²) in [6.07, 6.45) is 0. The third-order valence-corrected chi connectivity index (χ3v) is 2.75. The van der Waals surface area contributed by atoms with E-state index in [0.717, 1.165) is 11.4 Å². The average molecular weight is 237 g/mol. The molecule has 18 heavy (non-hydrogen) atoms. The molecule has 0 aliphatic heterocycles. The van der Waals surface area contributed by atoms with Crippen LogP contribution in [0.25, 0.3) is 0 Å². The molecule has 0 bridgehead atoms. The van der Waals surface area contributed by atoms with E-state index in [9.17, 15) is 0 Å². The van der Waals surface area contributed by atoms with Crippen LogP contribution >= 0.6 is 0 Å². The molecule has 2 radical (unpaired) electrons. The third kappa shape index (κ3) is 3.16. The first-order valence-electron chi connectivity index (χ1n) is 6.36.